The molecule has 1 aliphatic carbocycles. The van der Waals surface area contributed by atoms with Gasteiger partial charge in [0.1, 0.15) is 5.84 Å². The van der Waals surface area contributed by atoms with Gasteiger partial charge < -0.3 is 5.73 Å². The van der Waals surface area contributed by atoms with Gasteiger partial charge in [-0.05, 0) is 12.8 Å². The summed E-state index contributed by atoms with van der Waals surface area (Å²) in [5, 5.41) is 0. The second-order valence-electron chi connectivity index (χ2n) is 3.05. The first kappa shape index (κ1) is 8.85. The summed E-state index contributed by atoms with van der Waals surface area (Å²) in [6.45, 7) is 0. The van der Waals surface area contributed by atoms with E-state index >= 15 is 0 Å². The van der Waals surface area contributed by atoms with Crippen LogP contribution in [0.15, 0.2) is 4.99 Å². The van der Waals surface area contributed by atoms with Crippen molar-refractivity contribution in [3.8, 4) is 0 Å². The molecule has 0 aromatic heterocycles. The third kappa shape index (κ3) is 3.10. The van der Waals surface area contributed by atoms with Crippen molar-refractivity contribution in [2.45, 2.75) is 38.1 Å². The molecule has 0 amide bonds. The molecule has 0 heterocycles. The summed E-state index contributed by atoms with van der Waals surface area (Å²) in [5.41, 5.74) is 5.52. The number of halogens is 1. The minimum atomic E-state index is 0.372. The molecule has 0 saturated heterocycles. The molecule has 0 unspecified atom stereocenters. The van der Waals surface area contributed by atoms with Crippen LogP contribution in [-0.2, 0) is 0 Å². The minimum absolute atomic E-state index is 0.372. The Bertz CT molecular complexity index is 139. The Morgan fingerprint density at radius 3 is 2.55 bits per heavy atom. The fourth-order valence-corrected chi connectivity index (χ4v) is 1.55. The molecule has 2 nitrogen and oxygen atoms in total. The van der Waals surface area contributed by atoms with Crippen molar-refractivity contribution in [3.05, 3.63) is 0 Å². The van der Waals surface area contributed by atoms with Gasteiger partial charge in [0.05, 0.1) is 11.9 Å². The topological polar surface area (TPSA) is 38.4 Å². The highest BCUT2D eigenvalue weighted by molar-refractivity contribution is 6.27. The molecule has 1 saturated carbocycles. The van der Waals surface area contributed by atoms with Crippen LogP contribution in [0.2, 0.25) is 0 Å². The fraction of sp³-hybridized carbons (Fsp3) is 0.875. The lowest BCUT2D eigenvalue weighted by atomic mass is 9.96. The Hall–Kier alpha value is -0.240. The van der Waals surface area contributed by atoms with E-state index in [4.69, 9.17) is 17.3 Å². The van der Waals surface area contributed by atoms with Gasteiger partial charge in [0, 0.05) is 0 Å². The van der Waals surface area contributed by atoms with Crippen molar-refractivity contribution in [3.63, 3.8) is 0 Å². The standard InChI is InChI=1S/C8H15ClN2/c9-6-8(10)11-7-4-2-1-3-5-7/h7H,1-6H2,(H2,10,11). The smallest absolute Gasteiger partial charge is 0.109 e. The first-order chi connectivity index (χ1) is 5.33. The van der Waals surface area contributed by atoms with Crippen molar-refractivity contribution in [2.75, 3.05) is 5.88 Å². The first-order valence-corrected chi connectivity index (χ1v) is 4.74. The zero-order valence-corrected chi connectivity index (χ0v) is 7.48. The van der Waals surface area contributed by atoms with Gasteiger partial charge in [-0.3, -0.25) is 4.99 Å². The average Bonchev–Trinajstić information content (AvgIpc) is 2.06. The van der Waals surface area contributed by atoms with Crippen molar-refractivity contribution in [1.82, 2.24) is 0 Å². The average molecular weight is 175 g/mol. The predicted molar refractivity (Wildman–Crippen MR) is 49.2 cm³/mol. The lowest BCUT2D eigenvalue weighted by molar-refractivity contribution is 0.443. The number of rotatable bonds is 2. The maximum absolute atomic E-state index is 5.52. The molecule has 0 radical (unpaired) electrons. The Morgan fingerprint density at radius 2 is 2.00 bits per heavy atom. The Balaban J connectivity index is 2.34. The number of amidine groups is 1. The van der Waals surface area contributed by atoms with E-state index < -0.39 is 0 Å². The number of nitrogens with two attached hydrogens (primary N) is 1. The van der Waals surface area contributed by atoms with Crippen LogP contribution in [0.4, 0.5) is 0 Å². The number of hydrogen-bond acceptors (Lipinski definition) is 1. The zero-order valence-electron chi connectivity index (χ0n) is 6.72. The second kappa shape index (κ2) is 4.60. The van der Waals surface area contributed by atoms with Gasteiger partial charge in [-0.15, -0.1) is 11.6 Å². The highest BCUT2D eigenvalue weighted by Crippen LogP contribution is 2.19. The lowest BCUT2D eigenvalue weighted by Crippen LogP contribution is -2.19. The normalized spacial score (nSPS) is 22.1. The third-order valence-electron chi connectivity index (χ3n) is 2.06. The third-order valence-corrected chi connectivity index (χ3v) is 2.33. The fourth-order valence-electron chi connectivity index (χ4n) is 1.48. The summed E-state index contributed by atoms with van der Waals surface area (Å²) in [5.74, 6) is 0.967. The molecule has 11 heavy (non-hydrogen) atoms. The van der Waals surface area contributed by atoms with Crippen LogP contribution >= 0.6 is 11.6 Å². The van der Waals surface area contributed by atoms with E-state index in [0.29, 0.717) is 17.8 Å². The summed E-state index contributed by atoms with van der Waals surface area (Å²) in [6.07, 6.45) is 6.33. The second-order valence-corrected chi connectivity index (χ2v) is 3.31. The molecule has 0 aromatic rings. The number of hydrogen-bond donors (Lipinski definition) is 1. The van der Waals surface area contributed by atoms with E-state index in [1.807, 2.05) is 0 Å². The van der Waals surface area contributed by atoms with Crippen LogP contribution in [0.1, 0.15) is 32.1 Å². The van der Waals surface area contributed by atoms with Gasteiger partial charge >= 0.3 is 0 Å². The van der Waals surface area contributed by atoms with Gasteiger partial charge in [-0.25, -0.2) is 0 Å². The quantitative estimate of drug-likeness (QED) is 0.388. The summed E-state index contributed by atoms with van der Waals surface area (Å²) < 4.78 is 0. The number of alkyl halides is 1. The van der Waals surface area contributed by atoms with E-state index in [9.17, 15) is 0 Å². The maximum Gasteiger partial charge on any atom is 0.109 e. The van der Waals surface area contributed by atoms with Crippen molar-refractivity contribution in [1.29, 1.82) is 0 Å². The SMILES string of the molecule is NC(CCl)=NC1CCCCC1. The van der Waals surface area contributed by atoms with Gasteiger partial charge in [-0.1, -0.05) is 19.3 Å². The molecule has 3 heteroatoms. The number of aliphatic imine (C=N–C) groups is 1. The van der Waals surface area contributed by atoms with Crippen molar-refractivity contribution < 1.29 is 0 Å². The highest BCUT2D eigenvalue weighted by Gasteiger charge is 2.11. The first-order valence-electron chi connectivity index (χ1n) is 4.21. The molecule has 0 atom stereocenters. The molecular formula is C8H15ClN2. The molecule has 1 fully saturated rings. The molecular weight excluding hydrogens is 160 g/mol. The molecule has 0 aliphatic heterocycles. The molecule has 1 rings (SSSR count). The van der Waals surface area contributed by atoms with Crippen LogP contribution < -0.4 is 5.73 Å². The van der Waals surface area contributed by atoms with E-state index in [1.54, 1.807) is 0 Å². The molecule has 2 N–H and O–H groups in total. The summed E-state index contributed by atoms with van der Waals surface area (Å²) >= 11 is 5.52. The van der Waals surface area contributed by atoms with Crippen molar-refractivity contribution in [2.24, 2.45) is 10.7 Å². The van der Waals surface area contributed by atoms with Crippen LogP contribution in [0.5, 0.6) is 0 Å². The van der Waals surface area contributed by atoms with Crippen LogP contribution in [0, 0.1) is 0 Å². The minimum Gasteiger partial charge on any atom is -0.386 e. The van der Waals surface area contributed by atoms with Crippen LogP contribution in [0.3, 0.4) is 0 Å². The molecule has 64 valence electrons. The predicted octanol–water partition coefficient (Wildman–Crippen LogP) is 1.92. The highest BCUT2D eigenvalue weighted by atomic mass is 35.5. The Kier molecular flexibility index (Phi) is 3.70. The summed E-state index contributed by atoms with van der Waals surface area (Å²) in [4.78, 5) is 4.32. The van der Waals surface area contributed by atoms with E-state index in [2.05, 4.69) is 4.99 Å². The van der Waals surface area contributed by atoms with Crippen LogP contribution in [0.25, 0.3) is 0 Å². The summed E-state index contributed by atoms with van der Waals surface area (Å²) in [7, 11) is 0. The van der Waals surface area contributed by atoms with Gasteiger partial charge in [-0.2, -0.15) is 0 Å². The molecule has 1 aliphatic rings. The van der Waals surface area contributed by atoms with E-state index in [1.165, 1.54) is 32.1 Å². The van der Waals surface area contributed by atoms with Gasteiger partial charge in [0.2, 0.25) is 0 Å². The van der Waals surface area contributed by atoms with Crippen LogP contribution in [-0.4, -0.2) is 17.8 Å². The number of nitrogens with zero attached hydrogens (tertiary/aromatic N) is 1. The lowest BCUT2D eigenvalue weighted by Gasteiger charge is -2.17. The monoisotopic (exact) mass is 174 g/mol. The Morgan fingerprint density at radius 1 is 1.36 bits per heavy atom. The largest absolute Gasteiger partial charge is 0.386 e. The van der Waals surface area contributed by atoms with Gasteiger partial charge in [0.25, 0.3) is 0 Å². The summed E-state index contributed by atoms with van der Waals surface area (Å²) in [6, 6.07) is 0.461. The maximum atomic E-state index is 5.52. The molecule has 0 bridgehead atoms. The Labute approximate surface area is 72.8 Å². The van der Waals surface area contributed by atoms with Crippen molar-refractivity contribution >= 4 is 17.4 Å². The zero-order chi connectivity index (χ0) is 8.10. The van der Waals surface area contributed by atoms with E-state index in [0.717, 1.165) is 0 Å². The van der Waals surface area contributed by atoms with E-state index in [-0.39, 0.29) is 0 Å². The van der Waals surface area contributed by atoms with Gasteiger partial charge in [0.15, 0.2) is 0 Å². The molecule has 0 aromatic carbocycles. The molecule has 0 spiro atoms.